The van der Waals surface area contributed by atoms with E-state index in [0.717, 1.165) is 11.4 Å². The summed E-state index contributed by atoms with van der Waals surface area (Å²) in [5.41, 5.74) is 6.87. The van der Waals surface area contributed by atoms with Crippen molar-refractivity contribution in [3.63, 3.8) is 0 Å². The van der Waals surface area contributed by atoms with Crippen LogP contribution in [0.4, 0.5) is 16.2 Å². The van der Waals surface area contributed by atoms with Gasteiger partial charge in [-0.1, -0.05) is 12.1 Å². The number of fused-ring (bicyclic) bond motifs is 1. The van der Waals surface area contributed by atoms with Gasteiger partial charge >= 0.3 is 6.03 Å². The molecule has 56 valence electrons. The van der Waals surface area contributed by atoms with E-state index < -0.39 is 0 Å². The maximum Gasteiger partial charge on any atom is 0.337 e. The molecule has 4 heteroatoms. The number of anilines is 2. The third kappa shape index (κ3) is 0.980. The molecule has 2 amide bonds. The molecule has 11 heavy (non-hydrogen) atoms. The van der Waals surface area contributed by atoms with Crippen LogP contribution in [0, 0.1) is 0 Å². The lowest BCUT2D eigenvalue weighted by Crippen LogP contribution is -2.37. The smallest absolute Gasteiger partial charge is 0.305 e. The Hall–Kier alpha value is -1.71. The molecule has 1 aliphatic heterocycles. The first-order valence-electron chi connectivity index (χ1n) is 3.28. The molecule has 2 rings (SSSR count). The van der Waals surface area contributed by atoms with Crippen molar-refractivity contribution in [2.75, 3.05) is 10.7 Å². The monoisotopic (exact) mass is 149 g/mol. The Balaban J connectivity index is 2.41. The van der Waals surface area contributed by atoms with Crippen molar-refractivity contribution >= 4 is 17.4 Å². The van der Waals surface area contributed by atoms with Crippen molar-refractivity contribution in [1.82, 2.24) is 5.43 Å². The van der Waals surface area contributed by atoms with Gasteiger partial charge in [0, 0.05) is 0 Å². The minimum absolute atomic E-state index is 0.233. The summed E-state index contributed by atoms with van der Waals surface area (Å²) in [6, 6.07) is 7.24. The minimum Gasteiger partial charge on any atom is -0.305 e. The molecule has 3 N–H and O–H groups in total. The summed E-state index contributed by atoms with van der Waals surface area (Å²) < 4.78 is 0. The molecule has 0 aromatic heterocycles. The second kappa shape index (κ2) is 2.16. The molecule has 4 nitrogen and oxygen atoms in total. The van der Waals surface area contributed by atoms with Gasteiger partial charge in [-0.3, -0.25) is 10.9 Å². The van der Waals surface area contributed by atoms with Crippen LogP contribution < -0.4 is 16.2 Å². The SMILES string of the molecule is O=C1NNc2ccccc2N1. The molecular formula is C7H7N3O. The van der Waals surface area contributed by atoms with Crippen LogP contribution in [0.5, 0.6) is 0 Å². The molecule has 1 aliphatic rings. The highest BCUT2D eigenvalue weighted by atomic mass is 16.2. The van der Waals surface area contributed by atoms with Gasteiger partial charge < -0.3 is 5.32 Å². The first-order chi connectivity index (χ1) is 5.36. The lowest BCUT2D eigenvalue weighted by Gasteiger charge is -2.18. The Bertz CT molecular complexity index is 297. The van der Waals surface area contributed by atoms with Gasteiger partial charge in [-0.25, -0.2) is 4.79 Å². The number of urea groups is 1. The summed E-state index contributed by atoms with van der Waals surface area (Å²) in [5, 5.41) is 2.65. The van der Waals surface area contributed by atoms with E-state index in [0.29, 0.717) is 0 Å². The third-order valence-corrected chi connectivity index (χ3v) is 1.49. The van der Waals surface area contributed by atoms with Crippen molar-refractivity contribution in [1.29, 1.82) is 0 Å². The van der Waals surface area contributed by atoms with E-state index in [4.69, 9.17) is 0 Å². The normalized spacial score (nSPS) is 14.0. The van der Waals surface area contributed by atoms with Gasteiger partial charge in [0.25, 0.3) is 0 Å². The molecule has 0 saturated heterocycles. The molecule has 1 aromatic carbocycles. The van der Waals surface area contributed by atoms with Crippen LogP contribution in [-0.4, -0.2) is 6.03 Å². The molecule has 0 saturated carbocycles. The molecule has 1 aromatic rings. The van der Waals surface area contributed by atoms with Crippen LogP contribution in [0.15, 0.2) is 24.3 Å². The van der Waals surface area contributed by atoms with Crippen molar-refractivity contribution < 1.29 is 4.79 Å². The lowest BCUT2D eigenvalue weighted by atomic mass is 10.2. The van der Waals surface area contributed by atoms with E-state index in [1.165, 1.54) is 0 Å². The Kier molecular flexibility index (Phi) is 1.18. The Morgan fingerprint density at radius 1 is 1.00 bits per heavy atom. The fourth-order valence-electron chi connectivity index (χ4n) is 0.979. The Labute approximate surface area is 63.6 Å². The van der Waals surface area contributed by atoms with Crippen LogP contribution in [-0.2, 0) is 0 Å². The van der Waals surface area contributed by atoms with Crippen molar-refractivity contribution in [3.05, 3.63) is 24.3 Å². The topological polar surface area (TPSA) is 53.2 Å². The lowest BCUT2D eigenvalue weighted by molar-refractivity contribution is 0.253. The number of benzene rings is 1. The predicted molar refractivity (Wildman–Crippen MR) is 42.2 cm³/mol. The van der Waals surface area contributed by atoms with Gasteiger partial charge in [0.15, 0.2) is 0 Å². The van der Waals surface area contributed by atoms with Gasteiger partial charge in [0.05, 0.1) is 11.4 Å². The van der Waals surface area contributed by atoms with Crippen molar-refractivity contribution in [2.24, 2.45) is 0 Å². The zero-order valence-corrected chi connectivity index (χ0v) is 5.72. The van der Waals surface area contributed by atoms with E-state index in [-0.39, 0.29) is 6.03 Å². The van der Waals surface area contributed by atoms with Gasteiger partial charge in [-0.2, -0.15) is 0 Å². The van der Waals surface area contributed by atoms with Gasteiger partial charge in [-0.15, -0.1) is 0 Å². The second-order valence-corrected chi connectivity index (χ2v) is 2.25. The highest BCUT2D eigenvalue weighted by Crippen LogP contribution is 2.21. The van der Waals surface area contributed by atoms with Crippen LogP contribution >= 0.6 is 0 Å². The van der Waals surface area contributed by atoms with Crippen LogP contribution in [0.3, 0.4) is 0 Å². The third-order valence-electron chi connectivity index (χ3n) is 1.49. The zero-order valence-electron chi connectivity index (χ0n) is 5.72. The van der Waals surface area contributed by atoms with E-state index in [1.54, 1.807) is 0 Å². The standard InChI is InChI=1S/C7H7N3O/c11-7-8-5-3-1-2-4-6(5)9-10-7/h1-4,9H,(H2,8,10,11). The molecule has 0 bridgehead atoms. The van der Waals surface area contributed by atoms with Crippen LogP contribution in [0.2, 0.25) is 0 Å². The van der Waals surface area contributed by atoms with Gasteiger partial charge in [0.2, 0.25) is 0 Å². The average molecular weight is 149 g/mol. The van der Waals surface area contributed by atoms with Crippen molar-refractivity contribution in [2.45, 2.75) is 0 Å². The van der Waals surface area contributed by atoms with E-state index in [2.05, 4.69) is 16.2 Å². The number of amides is 2. The summed E-state index contributed by atoms with van der Waals surface area (Å²) in [5.74, 6) is 0. The highest BCUT2D eigenvalue weighted by Gasteiger charge is 2.10. The molecule has 0 fully saturated rings. The molecule has 1 heterocycles. The first-order valence-corrected chi connectivity index (χ1v) is 3.28. The van der Waals surface area contributed by atoms with Crippen molar-refractivity contribution in [3.8, 4) is 0 Å². The summed E-state index contributed by atoms with van der Waals surface area (Å²) >= 11 is 0. The number of carbonyl (C=O) groups is 1. The summed E-state index contributed by atoms with van der Waals surface area (Å²) in [7, 11) is 0. The quantitative estimate of drug-likeness (QED) is 0.518. The fourth-order valence-corrected chi connectivity index (χ4v) is 0.979. The highest BCUT2D eigenvalue weighted by molar-refractivity contribution is 5.96. The summed E-state index contributed by atoms with van der Waals surface area (Å²) in [6.45, 7) is 0. The van der Waals surface area contributed by atoms with E-state index >= 15 is 0 Å². The van der Waals surface area contributed by atoms with E-state index in [9.17, 15) is 4.79 Å². The largest absolute Gasteiger partial charge is 0.337 e. The van der Waals surface area contributed by atoms with E-state index in [1.807, 2.05) is 24.3 Å². The number of hydrogen-bond acceptors (Lipinski definition) is 2. The molecule has 0 spiro atoms. The average Bonchev–Trinajstić information content (AvgIpc) is 2.04. The molecule has 0 unspecified atom stereocenters. The number of hydrogen-bond donors (Lipinski definition) is 3. The number of nitrogens with one attached hydrogen (secondary N) is 3. The number of hydrazine groups is 1. The predicted octanol–water partition coefficient (Wildman–Crippen LogP) is 1.15. The second-order valence-electron chi connectivity index (χ2n) is 2.25. The van der Waals surface area contributed by atoms with Crippen LogP contribution in [0.25, 0.3) is 0 Å². The Morgan fingerprint density at radius 2 is 1.73 bits per heavy atom. The molecule has 0 aliphatic carbocycles. The summed E-state index contributed by atoms with van der Waals surface area (Å²) in [6.07, 6.45) is 0. The number of rotatable bonds is 0. The first kappa shape index (κ1) is 6.03. The molecule has 0 radical (unpaired) electrons. The van der Waals surface area contributed by atoms with Crippen LogP contribution in [0.1, 0.15) is 0 Å². The maximum absolute atomic E-state index is 10.7. The number of carbonyl (C=O) groups excluding carboxylic acids is 1. The van der Waals surface area contributed by atoms with Gasteiger partial charge in [0.1, 0.15) is 0 Å². The zero-order chi connectivity index (χ0) is 7.68. The van der Waals surface area contributed by atoms with Gasteiger partial charge in [-0.05, 0) is 12.1 Å². The number of para-hydroxylation sites is 2. The molecule has 0 atom stereocenters. The summed E-state index contributed by atoms with van der Waals surface area (Å²) in [4.78, 5) is 10.7. The Morgan fingerprint density at radius 3 is 2.55 bits per heavy atom. The molecular weight excluding hydrogens is 142 g/mol. The fraction of sp³-hybridized carbons (Fsp3) is 0. The maximum atomic E-state index is 10.7. The minimum atomic E-state index is -0.233.